The van der Waals surface area contributed by atoms with E-state index in [9.17, 15) is 9.59 Å². The molecule has 0 aliphatic carbocycles. The molecular formula is C35H37N7O4. The van der Waals surface area contributed by atoms with E-state index in [0.29, 0.717) is 36.3 Å². The second-order valence-corrected chi connectivity index (χ2v) is 11.9. The largest absolute Gasteiger partial charge is 0.466 e. The van der Waals surface area contributed by atoms with Crippen molar-refractivity contribution in [2.45, 2.75) is 64.6 Å². The van der Waals surface area contributed by atoms with Crippen LogP contribution in [0.4, 0.5) is 0 Å². The van der Waals surface area contributed by atoms with Gasteiger partial charge in [-0.25, -0.2) is 4.98 Å². The first-order valence-corrected chi connectivity index (χ1v) is 16.1. The van der Waals surface area contributed by atoms with E-state index in [1.807, 2.05) is 66.6 Å². The average Bonchev–Trinajstić information content (AvgIpc) is 3.85. The van der Waals surface area contributed by atoms with Crippen molar-refractivity contribution in [2.24, 2.45) is 5.92 Å². The summed E-state index contributed by atoms with van der Waals surface area (Å²) in [6.45, 7) is 5.43. The molecule has 2 aliphatic rings. The summed E-state index contributed by atoms with van der Waals surface area (Å²) in [5, 5.41) is 17.0. The lowest BCUT2D eigenvalue weighted by molar-refractivity contribution is -0.157. The Kier molecular flexibility index (Phi) is 8.42. The number of aromatic nitrogens is 6. The van der Waals surface area contributed by atoms with Gasteiger partial charge in [0.2, 0.25) is 5.82 Å². The van der Waals surface area contributed by atoms with Crippen molar-refractivity contribution >= 4 is 16.9 Å². The minimum Gasteiger partial charge on any atom is -0.466 e. The highest BCUT2D eigenvalue weighted by Crippen LogP contribution is 2.44. The molecule has 3 aromatic carbocycles. The average molecular weight is 620 g/mol. The first-order chi connectivity index (χ1) is 22.6. The summed E-state index contributed by atoms with van der Waals surface area (Å²) in [6, 6.07) is 21.8. The third-order valence-electron chi connectivity index (χ3n) is 9.06. The standard InChI is InChI=1S/C35H37N7O4/c1-3-5-12-30-36-28-18-17-24(32-31(35(44)45-4-2)29-11-8-19-42(29)46-32)20-27(28)34(43)41(30)21-22-13-15-23(16-14-22)25-9-6-7-10-26(25)33-37-39-40-38-33/h6-7,9-10,13-18,20,29,31-32H,3-5,8,11-12,19,21H2,1-2H3,(H,37,38,39,40). The second-order valence-electron chi connectivity index (χ2n) is 11.9. The lowest BCUT2D eigenvalue weighted by Crippen LogP contribution is -2.32. The number of aromatic amines is 1. The molecule has 0 saturated carbocycles. The van der Waals surface area contributed by atoms with Gasteiger partial charge in [0.15, 0.2) is 0 Å². The van der Waals surface area contributed by atoms with Crippen LogP contribution in [0.3, 0.4) is 0 Å². The van der Waals surface area contributed by atoms with Crippen molar-refractivity contribution in [3.63, 3.8) is 0 Å². The van der Waals surface area contributed by atoms with E-state index >= 15 is 0 Å². The third-order valence-corrected chi connectivity index (χ3v) is 9.06. The van der Waals surface area contributed by atoms with Gasteiger partial charge in [-0.2, -0.15) is 10.3 Å². The number of H-pyrrole nitrogens is 1. The lowest BCUT2D eigenvalue weighted by Gasteiger charge is -2.20. The molecule has 5 aromatic rings. The fourth-order valence-electron chi connectivity index (χ4n) is 6.78. The van der Waals surface area contributed by atoms with Gasteiger partial charge in [0.1, 0.15) is 17.8 Å². The molecule has 1 N–H and O–H groups in total. The number of unbranched alkanes of at least 4 members (excludes halogenated alkanes) is 1. The van der Waals surface area contributed by atoms with Crippen LogP contribution in [0, 0.1) is 5.92 Å². The van der Waals surface area contributed by atoms with Gasteiger partial charge in [-0.1, -0.05) is 67.9 Å². The van der Waals surface area contributed by atoms with E-state index < -0.39 is 12.0 Å². The van der Waals surface area contributed by atoms with Crippen LogP contribution in [-0.4, -0.2) is 60.4 Å². The number of hydrogen-bond donors (Lipinski definition) is 1. The molecule has 2 saturated heterocycles. The maximum absolute atomic E-state index is 14.2. The zero-order chi connectivity index (χ0) is 31.6. The molecule has 0 amide bonds. The Bertz CT molecular complexity index is 1910. The molecule has 3 unspecified atom stereocenters. The molecule has 2 aliphatic heterocycles. The van der Waals surface area contributed by atoms with Crippen molar-refractivity contribution in [1.82, 2.24) is 35.2 Å². The number of carbonyl (C=O) groups excluding carboxylic acids is 1. The minimum atomic E-state index is -0.510. The van der Waals surface area contributed by atoms with Crippen LogP contribution in [0.15, 0.2) is 71.5 Å². The van der Waals surface area contributed by atoms with E-state index in [0.717, 1.165) is 65.9 Å². The predicted molar refractivity (Wildman–Crippen MR) is 172 cm³/mol. The maximum atomic E-state index is 14.2. The fraction of sp³-hybridized carbons (Fsp3) is 0.371. The second kappa shape index (κ2) is 12.9. The number of carbonyl (C=O) groups is 1. The molecule has 0 bridgehead atoms. The van der Waals surface area contributed by atoms with Crippen LogP contribution in [-0.2, 0) is 27.3 Å². The quantitative estimate of drug-likeness (QED) is 0.208. The summed E-state index contributed by atoms with van der Waals surface area (Å²) in [6.07, 6.45) is 3.97. The van der Waals surface area contributed by atoms with E-state index in [2.05, 4.69) is 39.7 Å². The zero-order valence-electron chi connectivity index (χ0n) is 26.1. The minimum absolute atomic E-state index is 0.0203. The van der Waals surface area contributed by atoms with Gasteiger partial charge < -0.3 is 4.74 Å². The Hall–Kier alpha value is -4.74. The molecule has 11 heteroatoms. The summed E-state index contributed by atoms with van der Waals surface area (Å²) in [5.74, 6) is 0.601. The van der Waals surface area contributed by atoms with Gasteiger partial charge in [0, 0.05) is 18.5 Å². The molecule has 4 heterocycles. The number of benzene rings is 3. The van der Waals surface area contributed by atoms with Gasteiger partial charge in [0.05, 0.1) is 30.1 Å². The van der Waals surface area contributed by atoms with Gasteiger partial charge in [0.25, 0.3) is 5.56 Å². The first kappa shape index (κ1) is 29.9. The molecule has 2 aromatic heterocycles. The van der Waals surface area contributed by atoms with Crippen LogP contribution in [0.25, 0.3) is 33.4 Å². The van der Waals surface area contributed by atoms with Gasteiger partial charge in [-0.3, -0.25) is 19.0 Å². The molecule has 7 rings (SSSR count). The Morgan fingerprint density at radius 2 is 1.89 bits per heavy atom. The van der Waals surface area contributed by atoms with Crippen molar-refractivity contribution in [1.29, 1.82) is 0 Å². The number of hydrogen-bond acceptors (Lipinski definition) is 9. The van der Waals surface area contributed by atoms with Crippen LogP contribution in [0.5, 0.6) is 0 Å². The van der Waals surface area contributed by atoms with E-state index in [4.69, 9.17) is 14.6 Å². The number of fused-ring (bicyclic) bond motifs is 2. The number of nitrogens with zero attached hydrogens (tertiary/aromatic N) is 6. The molecule has 0 radical (unpaired) electrons. The van der Waals surface area contributed by atoms with Crippen molar-refractivity contribution < 1.29 is 14.4 Å². The summed E-state index contributed by atoms with van der Waals surface area (Å²) in [4.78, 5) is 38.6. The number of esters is 1. The van der Waals surface area contributed by atoms with E-state index in [1.54, 1.807) is 4.57 Å². The molecule has 11 nitrogen and oxygen atoms in total. The third kappa shape index (κ3) is 5.60. The van der Waals surface area contributed by atoms with Crippen LogP contribution in [0.2, 0.25) is 0 Å². The normalized spacial score (nSPS) is 19.5. The van der Waals surface area contributed by atoms with Crippen LogP contribution in [0.1, 0.15) is 62.6 Å². The highest BCUT2D eigenvalue weighted by atomic mass is 16.7. The summed E-state index contributed by atoms with van der Waals surface area (Å²) < 4.78 is 7.26. The van der Waals surface area contributed by atoms with Gasteiger partial charge in [-0.05, 0) is 65.8 Å². The number of aryl methyl sites for hydroxylation is 1. The van der Waals surface area contributed by atoms with E-state index in [1.165, 1.54) is 0 Å². The number of hydroxylamine groups is 2. The number of ether oxygens (including phenoxy) is 1. The van der Waals surface area contributed by atoms with Gasteiger partial charge in [-0.15, -0.1) is 10.2 Å². The molecule has 3 atom stereocenters. The SMILES string of the molecule is CCCCc1nc2ccc(C3ON4CCCC4C3C(=O)OCC)cc2c(=O)n1Cc1ccc(-c2ccccc2-c2nn[nH]n2)cc1. The first-order valence-electron chi connectivity index (χ1n) is 16.1. The van der Waals surface area contributed by atoms with E-state index in [-0.39, 0.29) is 17.6 Å². The fourth-order valence-corrected chi connectivity index (χ4v) is 6.78. The van der Waals surface area contributed by atoms with Crippen molar-refractivity contribution in [2.75, 3.05) is 13.2 Å². The lowest BCUT2D eigenvalue weighted by atomic mass is 9.89. The predicted octanol–water partition coefficient (Wildman–Crippen LogP) is 5.26. The molecule has 0 spiro atoms. The zero-order valence-corrected chi connectivity index (χ0v) is 26.1. The summed E-state index contributed by atoms with van der Waals surface area (Å²) in [7, 11) is 0. The Morgan fingerprint density at radius 3 is 2.65 bits per heavy atom. The molecular weight excluding hydrogens is 582 g/mol. The highest BCUT2D eigenvalue weighted by Gasteiger charge is 2.50. The number of nitrogens with one attached hydrogen (secondary N) is 1. The van der Waals surface area contributed by atoms with Crippen molar-refractivity contribution in [3.8, 4) is 22.5 Å². The molecule has 46 heavy (non-hydrogen) atoms. The number of rotatable bonds is 10. The smallest absolute Gasteiger partial charge is 0.313 e. The van der Waals surface area contributed by atoms with Crippen molar-refractivity contribution in [3.05, 3.63) is 94.0 Å². The Morgan fingerprint density at radius 1 is 1.07 bits per heavy atom. The van der Waals surface area contributed by atoms with Crippen LogP contribution >= 0.6 is 0 Å². The Labute approximate surface area is 266 Å². The number of tetrazole rings is 1. The monoisotopic (exact) mass is 619 g/mol. The topological polar surface area (TPSA) is 128 Å². The van der Waals surface area contributed by atoms with Gasteiger partial charge >= 0.3 is 5.97 Å². The Balaban J connectivity index is 1.23. The maximum Gasteiger partial charge on any atom is 0.313 e. The molecule has 236 valence electrons. The van der Waals surface area contributed by atoms with Crippen LogP contribution < -0.4 is 5.56 Å². The highest BCUT2D eigenvalue weighted by molar-refractivity contribution is 5.81. The molecule has 2 fully saturated rings. The summed E-state index contributed by atoms with van der Waals surface area (Å²) >= 11 is 0. The summed E-state index contributed by atoms with van der Waals surface area (Å²) in [5.41, 5.74) is 5.21.